The smallest absolute Gasteiger partial charge is 0.305 e. The number of piperidine rings is 1. The SMILES string of the molecule is CCOC1CCCN(S(=O)(=O)CCCC(=O)OC)C1. The minimum atomic E-state index is -3.29. The second-order valence-corrected chi connectivity index (χ2v) is 6.66. The van der Waals surface area contributed by atoms with Crippen LogP contribution < -0.4 is 0 Å². The monoisotopic (exact) mass is 293 g/mol. The summed E-state index contributed by atoms with van der Waals surface area (Å²) >= 11 is 0. The number of esters is 1. The van der Waals surface area contributed by atoms with E-state index in [1.54, 1.807) is 0 Å². The van der Waals surface area contributed by atoms with E-state index in [2.05, 4.69) is 4.74 Å². The van der Waals surface area contributed by atoms with Gasteiger partial charge in [-0.15, -0.1) is 0 Å². The van der Waals surface area contributed by atoms with Crippen molar-refractivity contribution in [3.8, 4) is 0 Å². The van der Waals surface area contributed by atoms with Gasteiger partial charge in [0.2, 0.25) is 10.0 Å². The first-order chi connectivity index (χ1) is 8.99. The molecule has 0 spiro atoms. The number of ether oxygens (including phenoxy) is 2. The highest BCUT2D eigenvalue weighted by molar-refractivity contribution is 7.89. The van der Waals surface area contributed by atoms with Crippen LogP contribution in [0.3, 0.4) is 0 Å². The zero-order valence-electron chi connectivity index (χ0n) is 11.6. The number of hydrogen-bond acceptors (Lipinski definition) is 5. The Kier molecular flexibility index (Phi) is 6.74. The summed E-state index contributed by atoms with van der Waals surface area (Å²) in [6, 6.07) is 0. The fraction of sp³-hybridized carbons (Fsp3) is 0.917. The molecule has 1 unspecified atom stereocenters. The summed E-state index contributed by atoms with van der Waals surface area (Å²) in [6.45, 7) is 3.48. The first-order valence-electron chi connectivity index (χ1n) is 6.66. The van der Waals surface area contributed by atoms with Gasteiger partial charge < -0.3 is 9.47 Å². The summed E-state index contributed by atoms with van der Waals surface area (Å²) in [7, 11) is -1.99. The minimum Gasteiger partial charge on any atom is -0.469 e. The molecule has 0 N–H and O–H groups in total. The van der Waals surface area contributed by atoms with Crippen molar-refractivity contribution >= 4 is 16.0 Å². The summed E-state index contributed by atoms with van der Waals surface area (Å²) in [4.78, 5) is 11.0. The highest BCUT2D eigenvalue weighted by atomic mass is 32.2. The zero-order valence-corrected chi connectivity index (χ0v) is 12.4. The lowest BCUT2D eigenvalue weighted by atomic mass is 10.1. The fourth-order valence-corrected chi connectivity index (χ4v) is 3.73. The van der Waals surface area contributed by atoms with Gasteiger partial charge in [-0.05, 0) is 26.2 Å². The number of carbonyl (C=O) groups excluding carboxylic acids is 1. The molecule has 6 nitrogen and oxygen atoms in total. The molecule has 0 aromatic heterocycles. The van der Waals surface area contributed by atoms with E-state index in [4.69, 9.17) is 4.74 Å². The number of methoxy groups -OCH3 is 1. The van der Waals surface area contributed by atoms with E-state index >= 15 is 0 Å². The Labute approximate surface area is 115 Å². The highest BCUT2D eigenvalue weighted by Crippen LogP contribution is 2.17. The summed E-state index contributed by atoms with van der Waals surface area (Å²) in [5.41, 5.74) is 0. The topological polar surface area (TPSA) is 72.9 Å². The number of nitrogens with zero attached hydrogens (tertiary/aromatic N) is 1. The van der Waals surface area contributed by atoms with Crippen LogP contribution in [-0.2, 0) is 24.3 Å². The summed E-state index contributed by atoms with van der Waals surface area (Å²) in [5.74, 6) is -0.387. The van der Waals surface area contributed by atoms with Gasteiger partial charge in [0.1, 0.15) is 0 Å². The minimum absolute atomic E-state index is 0.00543. The molecule has 1 saturated heterocycles. The molecule has 0 aromatic carbocycles. The second kappa shape index (κ2) is 7.81. The first kappa shape index (κ1) is 16.4. The number of carbonyl (C=O) groups is 1. The van der Waals surface area contributed by atoms with E-state index < -0.39 is 10.0 Å². The van der Waals surface area contributed by atoms with Crippen molar-refractivity contribution in [2.45, 2.75) is 38.7 Å². The van der Waals surface area contributed by atoms with E-state index in [-0.39, 0.29) is 24.2 Å². The lowest BCUT2D eigenvalue weighted by Crippen LogP contribution is -2.44. The van der Waals surface area contributed by atoms with Crippen molar-refractivity contribution < 1.29 is 22.7 Å². The molecule has 1 aliphatic rings. The molecule has 1 heterocycles. The van der Waals surface area contributed by atoms with Gasteiger partial charge in [0.15, 0.2) is 0 Å². The third kappa shape index (κ3) is 5.46. The summed E-state index contributed by atoms with van der Waals surface area (Å²) in [5, 5.41) is 0. The number of rotatable bonds is 7. The van der Waals surface area contributed by atoms with Gasteiger partial charge in [0.05, 0.1) is 19.0 Å². The molecule has 1 rings (SSSR count). The number of hydrogen-bond donors (Lipinski definition) is 0. The molecule has 0 aliphatic carbocycles. The quantitative estimate of drug-likeness (QED) is 0.648. The van der Waals surface area contributed by atoms with Crippen LogP contribution in [0.4, 0.5) is 0 Å². The Morgan fingerprint density at radius 1 is 1.42 bits per heavy atom. The molecule has 1 fully saturated rings. The van der Waals surface area contributed by atoms with Crippen LogP contribution >= 0.6 is 0 Å². The van der Waals surface area contributed by atoms with Gasteiger partial charge in [-0.1, -0.05) is 0 Å². The standard InChI is InChI=1S/C12H23NO5S/c1-3-18-11-6-4-8-13(10-11)19(15,16)9-5-7-12(14)17-2/h11H,3-10H2,1-2H3. The molecular weight excluding hydrogens is 270 g/mol. The summed E-state index contributed by atoms with van der Waals surface area (Å²) in [6.07, 6.45) is 2.15. The van der Waals surface area contributed by atoms with E-state index in [0.29, 0.717) is 26.1 Å². The van der Waals surface area contributed by atoms with Crippen LogP contribution in [0.15, 0.2) is 0 Å². The molecule has 112 valence electrons. The maximum Gasteiger partial charge on any atom is 0.305 e. The Bertz CT molecular complexity index is 380. The predicted molar refractivity (Wildman–Crippen MR) is 71.3 cm³/mol. The second-order valence-electron chi connectivity index (χ2n) is 4.57. The molecule has 7 heteroatoms. The Hall–Kier alpha value is -0.660. The van der Waals surface area contributed by atoms with E-state index in [1.165, 1.54) is 11.4 Å². The van der Waals surface area contributed by atoms with Crippen LogP contribution in [0.1, 0.15) is 32.6 Å². The van der Waals surface area contributed by atoms with Crippen LogP contribution in [0.25, 0.3) is 0 Å². The van der Waals surface area contributed by atoms with Crippen LogP contribution in [0, 0.1) is 0 Å². The Balaban J connectivity index is 2.45. The average molecular weight is 293 g/mol. The third-order valence-electron chi connectivity index (χ3n) is 3.15. The zero-order chi connectivity index (χ0) is 14.3. The van der Waals surface area contributed by atoms with E-state index in [1.807, 2.05) is 6.92 Å². The van der Waals surface area contributed by atoms with Crippen molar-refractivity contribution in [2.24, 2.45) is 0 Å². The Morgan fingerprint density at radius 3 is 2.79 bits per heavy atom. The van der Waals surface area contributed by atoms with Crippen molar-refractivity contribution in [1.82, 2.24) is 4.31 Å². The van der Waals surface area contributed by atoms with E-state index in [9.17, 15) is 13.2 Å². The molecule has 0 amide bonds. The molecular formula is C12H23NO5S. The van der Waals surface area contributed by atoms with Gasteiger partial charge in [-0.25, -0.2) is 8.42 Å². The van der Waals surface area contributed by atoms with Crippen LogP contribution in [0.2, 0.25) is 0 Å². The summed E-state index contributed by atoms with van der Waals surface area (Å²) < 4.78 is 35.7. The number of sulfonamides is 1. The molecule has 0 saturated carbocycles. The molecule has 1 atom stereocenters. The average Bonchev–Trinajstić information content (AvgIpc) is 2.39. The van der Waals surface area contributed by atoms with Crippen LogP contribution in [-0.4, -0.2) is 57.4 Å². The molecule has 19 heavy (non-hydrogen) atoms. The van der Waals surface area contributed by atoms with Gasteiger partial charge >= 0.3 is 5.97 Å². The van der Waals surface area contributed by atoms with Gasteiger partial charge in [0, 0.05) is 26.1 Å². The van der Waals surface area contributed by atoms with Gasteiger partial charge in [-0.2, -0.15) is 4.31 Å². The first-order valence-corrected chi connectivity index (χ1v) is 8.26. The molecule has 0 aromatic rings. The van der Waals surface area contributed by atoms with Crippen molar-refractivity contribution in [3.05, 3.63) is 0 Å². The predicted octanol–water partition coefficient (Wildman–Crippen LogP) is 0.770. The van der Waals surface area contributed by atoms with Crippen molar-refractivity contribution in [1.29, 1.82) is 0 Å². The van der Waals surface area contributed by atoms with Crippen molar-refractivity contribution in [3.63, 3.8) is 0 Å². The van der Waals surface area contributed by atoms with E-state index in [0.717, 1.165) is 12.8 Å². The maximum atomic E-state index is 12.1. The Morgan fingerprint density at radius 2 is 2.16 bits per heavy atom. The van der Waals surface area contributed by atoms with Crippen LogP contribution in [0.5, 0.6) is 0 Å². The molecule has 0 radical (unpaired) electrons. The maximum absolute atomic E-state index is 12.1. The third-order valence-corrected chi connectivity index (χ3v) is 5.07. The fourth-order valence-electron chi connectivity index (χ4n) is 2.16. The highest BCUT2D eigenvalue weighted by Gasteiger charge is 2.28. The lowest BCUT2D eigenvalue weighted by Gasteiger charge is -2.31. The van der Waals surface area contributed by atoms with Crippen molar-refractivity contribution in [2.75, 3.05) is 32.6 Å². The van der Waals surface area contributed by atoms with Gasteiger partial charge in [0.25, 0.3) is 0 Å². The largest absolute Gasteiger partial charge is 0.469 e. The van der Waals surface area contributed by atoms with Gasteiger partial charge in [-0.3, -0.25) is 4.79 Å². The molecule has 1 aliphatic heterocycles. The normalized spacial score (nSPS) is 21.3. The molecule has 0 bridgehead atoms. The lowest BCUT2D eigenvalue weighted by molar-refractivity contribution is -0.140.